The first kappa shape index (κ1) is 7.20. The van der Waals surface area contributed by atoms with Crippen LogP contribution in [0, 0.1) is 0 Å². The van der Waals surface area contributed by atoms with E-state index < -0.39 is 0 Å². The molecule has 0 bridgehead atoms. The molecule has 1 aliphatic rings. The van der Waals surface area contributed by atoms with Crippen LogP contribution in [0.2, 0.25) is 0 Å². The molecule has 1 saturated carbocycles. The van der Waals surface area contributed by atoms with Gasteiger partial charge in [0, 0.05) is 0 Å². The zero-order valence-corrected chi connectivity index (χ0v) is 6.32. The molecule has 1 nitrogen and oxygen atoms in total. The van der Waals surface area contributed by atoms with Crippen LogP contribution in [0.1, 0.15) is 32.1 Å². The molecule has 1 rings (SSSR count). The van der Waals surface area contributed by atoms with Gasteiger partial charge in [-0.1, -0.05) is 19.3 Å². The molecular weight excluding hydrogens is 108 g/mol. The smallest absolute Gasteiger partial charge is 0.158 e. The molecule has 0 heterocycles. The fourth-order valence-electron chi connectivity index (χ4n) is 1.60. The summed E-state index contributed by atoms with van der Waals surface area (Å²) in [7, 11) is 3.33. The molecule has 0 amide bonds. The van der Waals surface area contributed by atoms with Crippen LogP contribution in [-0.2, 0) is 0 Å². The molecule has 1 N–H and O–H groups in total. The Labute approximate surface area is 59.3 Å². The van der Waals surface area contributed by atoms with Crippen LogP contribution < -0.4 is 5.23 Å². The summed E-state index contributed by atoms with van der Waals surface area (Å²) in [5.74, 6) is 0. The van der Waals surface area contributed by atoms with Crippen LogP contribution in [0.3, 0.4) is 0 Å². The van der Waals surface area contributed by atoms with E-state index in [2.05, 4.69) is 13.0 Å². The maximum absolute atomic E-state index is 3.48. The average molecular weight is 123 g/mol. The minimum Gasteiger partial charge on any atom is -0.364 e. The van der Waals surface area contributed by atoms with Gasteiger partial charge in [-0.25, -0.2) is 0 Å². The Kier molecular flexibility index (Phi) is 3.20. The lowest BCUT2D eigenvalue weighted by molar-refractivity contribution is 0.419. The summed E-state index contributed by atoms with van der Waals surface area (Å²) in [6.07, 6.45) is 7.17. The van der Waals surface area contributed by atoms with Gasteiger partial charge in [0.2, 0.25) is 0 Å². The zero-order valence-electron chi connectivity index (χ0n) is 6.32. The molecule has 0 unspecified atom stereocenters. The third kappa shape index (κ3) is 2.44. The molecule has 0 atom stereocenters. The summed E-state index contributed by atoms with van der Waals surface area (Å²) in [6.45, 7) is 0. The van der Waals surface area contributed by atoms with Crippen LogP contribution in [0.15, 0.2) is 0 Å². The molecule has 1 fully saturated rings. The van der Waals surface area contributed by atoms with E-state index in [4.69, 9.17) is 0 Å². The highest BCUT2D eigenvalue weighted by Gasteiger charge is 2.10. The van der Waals surface area contributed by atoms with Gasteiger partial charge in [0.15, 0.2) is 7.31 Å². The highest BCUT2D eigenvalue weighted by Crippen LogP contribution is 2.16. The number of hydrogen-bond donors (Lipinski definition) is 1. The van der Waals surface area contributed by atoms with Gasteiger partial charge in [0.25, 0.3) is 0 Å². The molecule has 0 aromatic rings. The highest BCUT2D eigenvalue weighted by atomic mass is 14.8. The minimum absolute atomic E-state index is 0.851. The number of nitrogens with one attached hydrogen (secondary N) is 1. The van der Waals surface area contributed by atoms with Crippen molar-refractivity contribution in [2.24, 2.45) is 0 Å². The number of hydrogen-bond acceptors (Lipinski definition) is 1. The van der Waals surface area contributed by atoms with Gasteiger partial charge in [-0.3, -0.25) is 0 Å². The molecule has 0 aromatic carbocycles. The third-order valence-electron chi connectivity index (χ3n) is 2.10. The SMILES string of the molecule is BBNC1CCCCC1. The van der Waals surface area contributed by atoms with Gasteiger partial charge < -0.3 is 5.23 Å². The molecule has 0 radical (unpaired) electrons. The molecule has 50 valence electrons. The Hall–Kier alpha value is 0.0899. The molecule has 1 aliphatic carbocycles. The van der Waals surface area contributed by atoms with Gasteiger partial charge in [-0.15, -0.1) is 0 Å². The van der Waals surface area contributed by atoms with Crippen LogP contribution >= 0.6 is 0 Å². The normalized spacial score (nSPS) is 21.8. The van der Waals surface area contributed by atoms with Crippen molar-refractivity contribution in [3.63, 3.8) is 0 Å². The van der Waals surface area contributed by atoms with Gasteiger partial charge in [-0.05, 0) is 18.9 Å². The summed E-state index contributed by atoms with van der Waals surface area (Å²) in [4.78, 5) is 0. The minimum atomic E-state index is 0.851. The second kappa shape index (κ2) is 3.99. The quantitative estimate of drug-likeness (QED) is 0.501. The molecule has 0 aliphatic heterocycles. The summed E-state index contributed by atoms with van der Waals surface area (Å²) in [5, 5.41) is 3.48. The van der Waals surface area contributed by atoms with Crippen LogP contribution in [0.25, 0.3) is 0 Å². The third-order valence-corrected chi connectivity index (χ3v) is 2.10. The zero-order chi connectivity index (χ0) is 6.53. The van der Waals surface area contributed by atoms with Gasteiger partial charge >= 0.3 is 0 Å². The predicted molar refractivity (Wildman–Crippen MR) is 45.7 cm³/mol. The fraction of sp³-hybridized carbons (Fsp3) is 1.00. The Balaban J connectivity index is 2.08. The summed E-state index contributed by atoms with van der Waals surface area (Å²) < 4.78 is 0. The molecule has 0 spiro atoms. The Bertz CT molecular complexity index is 68.7. The summed E-state index contributed by atoms with van der Waals surface area (Å²) in [5.41, 5.74) is 0. The van der Waals surface area contributed by atoms with E-state index in [0.717, 1.165) is 13.3 Å². The predicted octanol–water partition coefficient (Wildman–Crippen LogP) is -0.192. The summed E-state index contributed by atoms with van der Waals surface area (Å²) in [6, 6.07) is 0.851. The second-order valence-electron chi connectivity index (χ2n) is 2.89. The Morgan fingerprint density at radius 2 is 1.89 bits per heavy atom. The van der Waals surface area contributed by atoms with Crippen molar-refractivity contribution in [3.8, 4) is 0 Å². The van der Waals surface area contributed by atoms with Crippen molar-refractivity contribution in [1.82, 2.24) is 5.23 Å². The van der Waals surface area contributed by atoms with Gasteiger partial charge in [-0.2, -0.15) is 0 Å². The lowest BCUT2D eigenvalue weighted by atomic mass is 9.66. The van der Waals surface area contributed by atoms with Crippen molar-refractivity contribution in [3.05, 3.63) is 0 Å². The maximum atomic E-state index is 3.48. The monoisotopic (exact) mass is 123 g/mol. The molecule has 3 heteroatoms. The van der Waals surface area contributed by atoms with Crippen molar-refractivity contribution < 1.29 is 0 Å². The Morgan fingerprint density at radius 3 is 2.44 bits per heavy atom. The second-order valence-corrected chi connectivity index (χ2v) is 2.89. The van der Waals surface area contributed by atoms with Crippen molar-refractivity contribution in [2.45, 2.75) is 38.1 Å². The fourth-order valence-corrected chi connectivity index (χ4v) is 1.60. The molecular formula is C6H15B2N. The van der Waals surface area contributed by atoms with E-state index in [0.29, 0.717) is 0 Å². The van der Waals surface area contributed by atoms with Crippen LogP contribution in [0.5, 0.6) is 0 Å². The molecule has 0 aromatic heterocycles. The van der Waals surface area contributed by atoms with Crippen LogP contribution in [-0.4, -0.2) is 21.1 Å². The highest BCUT2D eigenvalue weighted by molar-refractivity contribution is 6.87. The van der Waals surface area contributed by atoms with Crippen molar-refractivity contribution in [2.75, 3.05) is 0 Å². The van der Waals surface area contributed by atoms with E-state index in [9.17, 15) is 0 Å². The van der Waals surface area contributed by atoms with E-state index in [1.165, 1.54) is 32.1 Å². The van der Waals surface area contributed by atoms with Gasteiger partial charge in [0.1, 0.15) is 0 Å². The van der Waals surface area contributed by atoms with E-state index in [-0.39, 0.29) is 0 Å². The first-order valence-corrected chi connectivity index (χ1v) is 4.17. The standard InChI is InChI=1S/C6H15B2N/c7-8-9-6-4-2-1-3-5-6/h6,8-9H,1-5,7H2. The average Bonchev–Trinajstić information content (AvgIpc) is 1.91. The first-order chi connectivity index (χ1) is 4.43. The van der Waals surface area contributed by atoms with E-state index in [1.54, 1.807) is 0 Å². The lowest BCUT2D eigenvalue weighted by Gasteiger charge is -2.21. The Morgan fingerprint density at radius 1 is 1.22 bits per heavy atom. The summed E-state index contributed by atoms with van der Waals surface area (Å²) >= 11 is 0. The van der Waals surface area contributed by atoms with E-state index in [1.807, 2.05) is 0 Å². The topological polar surface area (TPSA) is 12.0 Å². The van der Waals surface area contributed by atoms with Gasteiger partial charge in [0.05, 0.1) is 7.74 Å². The maximum Gasteiger partial charge on any atom is 0.158 e. The number of rotatable bonds is 2. The lowest BCUT2D eigenvalue weighted by Crippen LogP contribution is -2.34. The van der Waals surface area contributed by atoms with E-state index >= 15 is 0 Å². The largest absolute Gasteiger partial charge is 0.364 e. The van der Waals surface area contributed by atoms with Crippen molar-refractivity contribution in [1.29, 1.82) is 0 Å². The molecule has 9 heavy (non-hydrogen) atoms. The van der Waals surface area contributed by atoms with Crippen LogP contribution in [0.4, 0.5) is 0 Å². The van der Waals surface area contributed by atoms with Crippen molar-refractivity contribution >= 4 is 15.0 Å². The molecule has 0 saturated heterocycles. The first-order valence-electron chi connectivity index (χ1n) is 4.17.